The van der Waals surface area contributed by atoms with Gasteiger partial charge in [-0.3, -0.25) is 0 Å². The number of halogens is 2. The predicted octanol–water partition coefficient (Wildman–Crippen LogP) is 2.08. The van der Waals surface area contributed by atoms with Crippen molar-refractivity contribution in [3.05, 3.63) is 21.4 Å². The summed E-state index contributed by atoms with van der Waals surface area (Å²) in [6.07, 6.45) is 2.64. The minimum atomic E-state index is 0.228. The molecule has 0 aliphatic rings. The predicted molar refractivity (Wildman–Crippen MR) is 49.2 cm³/mol. The molecule has 0 bridgehead atoms. The Labute approximate surface area is 77.2 Å². The summed E-state index contributed by atoms with van der Waals surface area (Å²) in [5.41, 5.74) is 6.41. The van der Waals surface area contributed by atoms with E-state index in [0.29, 0.717) is 15.7 Å². The molecule has 1 aromatic rings. The van der Waals surface area contributed by atoms with Crippen LogP contribution in [0.15, 0.2) is 10.7 Å². The lowest BCUT2D eigenvalue weighted by Gasteiger charge is -2.02. The third kappa shape index (κ3) is 1.52. The number of nitrogens with one attached hydrogen (secondary N) is 1. The number of anilines is 1. The van der Waals surface area contributed by atoms with Gasteiger partial charge in [-0.15, -0.1) is 0 Å². The molecular formula is C6H5BrClN3. The SMILES string of the molecule is N=Cc1c(Br)cnc(Cl)c1N. The van der Waals surface area contributed by atoms with Crippen LogP contribution >= 0.6 is 27.5 Å². The van der Waals surface area contributed by atoms with E-state index < -0.39 is 0 Å². The number of aromatic nitrogens is 1. The molecule has 0 aliphatic carbocycles. The third-order valence-electron chi connectivity index (χ3n) is 1.21. The molecule has 1 rings (SSSR count). The number of nitrogen functional groups attached to an aromatic ring is 1. The van der Waals surface area contributed by atoms with E-state index in [-0.39, 0.29) is 5.15 Å². The molecule has 0 aromatic carbocycles. The Morgan fingerprint density at radius 2 is 2.36 bits per heavy atom. The number of hydrogen-bond acceptors (Lipinski definition) is 3. The first-order valence-corrected chi connectivity index (χ1v) is 3.94. The highest BCUT2D eigenvalue weighted by atomic mass is 79.9. The van der Waals surface area contributed by atoms with Crippen molar-refractivity contribution >= 4 is 39.4 Å². The molecule has 0 amide bonds. The second kappa shape index (κ2) is 3.19. The molecule has 3 N–H and O–H groups in total. The van der Waals surface area contributed by atoms with E-state index in [9.17, 15) is 0 Å². The smallest absolute Gasteiger partial charge is 0.152 e. The Balaban J connectivity index is 3.40. The van der Waals surface area contributed by atoms with Gasteiger partial charge in [0.25, 0.3) is 0 Å². The van der Waals surface area contributed by atoms with Crippen molar-refractivity contribution in [1.82, 2.24) is 4.98 Å². The number of rotatable bonds is 1. The van der Waals surface area contributed by atoms with Gasteiger partial charge >= 0.3 is 0 Å². The van der Waals surface area contributed by atoms with E-state index in [1.807, 2.05) is 0 Å². The van der Waals surface area contributed by atoms with Gasteiger partial charge < -0.3 is 11.1 Å². The van der Waals surface area contributed by atoms with Crippen LogP contribution in [0, 0.1) is 5.41 Å². The second-order valence-electron chi connectivity index (χ2n) is 1.87. The zero-order chi connectivity index (χ0) is 8.43. The van der Waals surface area contributed by atoms with Gasteiger partial charge in [0.2, 0.25) is 0 Å². The fourth-order valence-electron chi connectivity index (χ4n) is 0.639. The molecule has 0 aliphatic heterocycles. The van der Waals surface area contributed by atoms with Crippen molar-refractivity contribution in [2.45, 2.75) is 0 Å². The van der Waals surface area contributed by atoms with Crippen molar-refractivity contribution in [2.75, 3.05) is 5.73 Å². The van der Waals surface area contributed by atoms with Gasteiger partial charge in [-0.25, -0.2) is 4.98 Å². The highest BCUT2D eigenvalue weighted by molar-refractivity contribution is 9.10. The Morgan fingerprint density at radius 3 is 2.82 bits per heavy atom. The minimum Gasteiger partial charge on any atom is -0.396 e. The molecule has 5 heteroatoms. The van der Waals surface area contributed by atoms with Crippen molar-refractivity contribution in [1.29, 1.82) is 5.41 Å². The molecule has 3 nitrogen and oxygen atoms in total. The van der Waals surface area contributed by atoms with Gasteiger partial charge in [0, 0.05) is 22.4 Å². The quantitative estimate of drug-likeness (QED) is 0.577. The van der Waals surface area contributed by atoms with Gasteiger partial charge in [-0.05, 0) is 15.9 Å². The van der Waals surface area contributed by atoms with Crippen LogP contribution in [-0.2, 0) is 0 Å². The lowest BCUT2D eigenvalue weighted by Crippen LogP contribution is -1.96. The van der Waals surface area contributed by atoms with Gasteiger partial charge in [-0.1, -0.05) is 11.6 Å². The van der Waals surface area contributed by atoms with Crippen molar-refractivity contribution in [3.8, 4) is 0 Å². The molecule has 1 aromatic heterocycles. The molecule has 11 heavy (non-hydrogen) atoms. The molecule has 0 fully saturated rings. The minimum absolute atomic E-state index is 0.228. The van der Waals surface area contributed by atoms with Crippen LogP contribution in [0.3, 0.4) is 0 Å². The number of nitrogens with zero attached hydrogens (tertiary/aromatic N) is 1. The Hall–Kier alpha value is -0.610. The fraction of sp³-hybridized carbons (Fsp3) is 0. The summed E-state index contributed by atoms with van der Waals surface area (Å²) in [4.78, 5) is 3.78. The van der Waals surface area contributed by atoms with E-state index in [1.54, 1.807) is 0 Å². The van der Waals surface area contributed by atoms with Crippen LogP contribution in [0.1, 0.15) is 5.56 Å². The first-order valence-electron chi connectivity index (χ1n) is 2.76. The van der Waals surface area contributed by atoms with Gasteiger partial charge in [0.15, 0.2) is 5.15 Å². The lowest BCUT2D eigenvalue weighted by atomic mass is 10.2. The molecule has 0 unspecified atom stereocenters. The highest BCUT2D eigenvalue weighted by Crippen LogP contribution is 2.25. The average Bonchev–Trinajstić information content (AvgIpc) is 1.99. The van der Waals surface area contributed by atoms with Crippen molar-refractivity contribution < 1.29 is 0 Å². The second-order valence-corrected chi connectivity index (χ2v) is 3.08. The molecule has 0 atom stereocenters. The summed E-state index contributed by atoms with van der Waals surface area (Å²) in [5.74, 6) is 0. The van der Waals surface area contributed by atoms with Crippen LogP contribution in [0.2, 0.25) is 5.15 Å². The molecule has 0 saturated heterocycles. The Bertz CT molecular complexity index is 300. The number of nitrogens with two attached hydrogens (primary N) is 1. The van der Waals surface area contributed by atoms with E-state index in [1.165, 1.54) is 6.20 Å². The summed E-state index contributed by atoms with van der Waals surface area (Å²) >= 11 is 8.79. The van der Waals surface area contributed by atoms with Crippen molar-refractivity contribution in [3.63, 3.8) is 0 Å². The molecule has 0 saturated carbocycles. The first-order chi connectivity index (χ1) is 5.16. The van der Waals surface area contributed by atoms with Gasteiger partial charge in [0.05, 0.1) is 5.69 Å². The van der Waals surface area contributed by atoms with Gasteiger partial charge in [0.1, 0.15) is 0 Å². The monoisotopic (exact) mass is 233 g/mol. The third-order valence-corrected chi connectivity index (χ3v) is 2.14. The topological polar surface area (TPSA) is 62.8 Å². The molecule has 0 radical (unpaired) electrons. The average molecular weight is 234 g/mol. The van der Waals surface area contributed by atoms with E-state index >= 15 is 0 Å². The maximum absolute atomic E-state index is 7.00. The van der Waals surface area contributed by atoms with Crippen LogP contribution in [-0.4, -0.2) is 11.2 Å². The first kappa shape index (κ1) is 8.49. The van der Waals surface area contributed by atoms with Crippen LogP contribution in [0.25, 0.3) is 0 Å². The van der Waals surface area contributed by atoms with Crippen LogP contribution in [0.5, 0.6) is 0 Å². The fourth-order valence-corrected chi connectivity index (χ4v) is 1.22. The van der Waals surface area contributed by atoms with Gasteiger partial charge in [-0.2, -0.15) is 0 Å². The summed E-state index contributed by atoms with van der Waals surface area (Å²) in [6.45, 7) is 0. The van der Waals surface area contributed by atoms with E-state index in [0.717, 1.165) is 6.21 Å². The Kier molecular flexibility index (Phi) is 2.46. The summed E-state index contributed by atoms with van der Waals surface area (Å²) in [5, 5.41) is 7.23. The van der Waals surface area contributed by atoms with E-state index in [2.05, 4.69) is 20.9 Å². The standard InChI is InChI=1S/C6H5BrClN3/c7-4-2-11-6(8)5(10)3(4)1-9/h1-2,9H,10H2. The number of hydrogen-bond donors (Lipinski definition) is 2. The van der Waals surface area contributed by atoms with Crippen molar-refractivity contribution in [2.24, 2.45) is 0 Å². The van der Waals surface area contributed by atoms with E-state index in [4.69, 9.17) is 22.7 Å². The summed E-state index contributed by atoms with van der Waals surface area (Å²) < 4.78 is 0.675. The zero-order valence-electron chi connectivity index (χ0n) is 5.44. The molecule has 1 heterocycles. The van der Waals surface area contributed by atoms with Crippen LogP contribution < -0.4 is 5.73 Å². The molecular weight excluding hydrogens is 229 g/mol. The summed E-state index contributed by atoms with van der Waals surface area (Å²) in [6, 6.07) is 0. The summed E-state index contributed by atoms with van der Waals surface area (Å²) in [7, 11) is 0. The largest absolute Gasteiger partial charge is 0.396 e. The lowest BCUT2D eigenvalue weighted by molar-refractivity contribution is 1.30. The molecule has 0 spiro atoms. The normalized spacial score (nSPS) is 9.64. The maximum atomic E-state index is 7.00. The zero-order valence-corrected chi connectivity index (χ0v) is 7.78. The maximum Gasteiger partial charge on any atom is 0.152 e. The Morgan fingerprint density at radius 1 is 1.73 bits per heavy atom. The number of pyridine rings is 1. The molecule has 58 valence electrons. The highest BCUT2D eigenvalue weighted by Gasteiger charge is 2.05. The van der Waals surface area contributed by atoms with Crippen LogP contribution in [0.4, 0.5) is 5.69 Å².